The molecular formula is C21H28N2O6S. The summed E-state index contributed by atoms with van der Waals surface area (Å²) < 4.78 is 42.9. The van der Waals surface area contributed by atoms with Gasteiger partial charge in [0.05, 0.1) is 31.2 Å². The van der Waals surface area contributed by atoms with Crippen LogP contribution in [0.2, 0.25) is 0 Å². The van der Waals surface area contributed by atoms with Crippen LogP contribution >= 0.6 is 0 Å². The third-order valence-corrected chi connectivity index (χ3v) is 5.80. The Morgan fingerprint density at radius 3 is 2.20 bits per heavy atom. The summed E-state index contributed by atoms with van der Waals surface area (Å²) in [4.78, 5) is 12.3. The molecule has 0 spiro atoms. The van der Waals surface area contributed by atoms with Crippen LogP contribution in [0.3, 0.4) is 0 Å². The molecule has 2 aromatic rings. The highest BCUT2D eigenvalue weighted by molar-refractivity contribution is 7.89. The highest BCUT2D eigenvalue weighted by Crippen LogP contribution is 2.27. The van der Waals surface area contributed by atoms with Crippen LogP contribution in [-0.2, 0) is 21.4 Å². The van der Waals surface area contributed by atoms with Crippen LogP contribution in [-0.4, -0.2) is 41.7 Å². The van der Waals surface area contributed by atoms with Crippen molar-refractivity contribution >= 4 is 15.9 Å². The van der Waals surface area contributed by atoms with Crippen molar-refractivity contribution in [3.63, 3.8) is 0 Å². The summed E-state index contributed by atoms with van der Waals surface area (Å²) >= 11 is 0. The molecule has 0 bridgehead atoms. The largest absolute Gasteiger partial charge is 0.496 e. The maximum absolute atomic E-state index is 12.2. The van der Waals surface area contributed by atoms with E-state index in [1.165, 1.54) is 24.3 Å². The highest BCUT2D eigenvalue weighted by Gasteiger charge is 2.14. The first-order chi connectivity index (χ1) is 14.4. The van der Waals surface area contributed by atoms with Gasteiger partial charge >= 0.3 is 0 Å². The average molecular weight is 437 g/mol. The molecule has 0 aliphatic heterocycles. The van der Waals surface area contributed by atoms with Crippen LogP contribution in [0.4, 0.5) is 0 Å². The zero-order chi connectivity index (χ0) is 22.0. The SMILES string of the molecule is CCCCNS(=O)(=O)c1ccc(OCC(=O)NCc2c(OC)cccc2OC)cc1. The Balaban J connectivity index is 1.88. The lowest BCUT2D eigenvalue weighted by atomic mass is 10.1. The fourth-order valence-corrected chi connectivity index (χ4v) is 3.74. The van der Waals surface area contributed by atoms with Crippen LogP contribution in [0.15, 0.2) is 47.4 Å². The quantitative estimate of drug-likeness (QED) is 0.496. The van der Waals surface area contributed by atoms with Gasteiger partial charge in [0.2, 0.25) is 10.0 Å². The summed E-state index contributed by atoms with van der Waals surface area (Å²) in [5.41, 5.74) is 0.723. The van der Waals surface area contributed by atoms with Crippen molar-refractivity contribution in [2.45, 2.75) is 31.2 Å². The molecule has 0 saturated carbocycles. The zero-order valence-electron chi connectivity index (χ0n) is 17.4. The number of nitrogens with one attached hydrogen (secondary N) is 2. The highest BCUT2D eigenvalue weighted by atomic mass is 32.2. The molecule has 0 heterocycles. The molecule has 0 aliphatic carbocycles. The van der Waals surface area contributed by atoms with E-state index >= 15 is 0 Å². The fourth-order valence-electron chi connectivity index (χ4n) is 2.67. The van der Waals surface area contributed by atoms with Crippen molar-refractivity contribution in [1.29, 1.82) is 0 Å². The van der Waals surface area contributed by atoms with Crippen LogP contribution in [0.5, 0.6) is 17.2 Å². The van der Waals surface area contributed by atoms with Gasteiger partial charge < -0.3 is 19.5 Å². The molecule has 0 aliphatic rings. The molecular weight excluding hydrogens is 408 g/mol. The summed E-state index contributed by atoms with van der Waals surface area (Å²) in [6.45, 7) is 2.39. The lowest BCUT2D eigenvalue weighted by Gasteiger charge is -2.14. The minimum atomic E-state index is -3.54. The smallest absolute Gasteiger partial charge is 0.258 e. The second-order valence-corrected chi connectivity index (χ2v) is 8.20. The van der Waals surface area contributed by atoms with Gasteiger partial charge in [-0.3, -0.25) is 4.79 Å². The minimum Gasteiger partial charge on any atom is -0.496 e. The molecule has 8 nitrogen and oxygen atoms in total. The Kier molecular flexibility index (Phi) is 8.94. The monoisotopic (exact) mass is 436 g/mol. The van der Waals surface area contributed by atoms with Crippen molar-refractivity contribution in [2.24, 2.45) is 0 Å². The van der Waals surface area contributed by atoms with Crippen LogP contribution in [0, 0.1) is 0 Å². The maximum Gasteiger partial charge on any atom is 0.258 e. The number of sulfonamides is 1. The van der Waals surface area contributed by atoms with E-state index in [9.17, 15) is 13.2 Å². The van der Waals surface area contributed by atoms with Gasteiger partial charge in [-0.25, -0.2) is 13.1 Å². The number of ether oxygens (including phenoxy) is 3. The molecule has 0 atom stereocenters. The minimum absolute atomic E-state index is 0.152. The number of methoxy groups -OCH3 is 2. The van der Waals surface area contributed by atoms with E-state index < -0.39 is 10.0 Å². The molecule has 2 rings (SSSR count). The van der Waals surface area contributed by atoms with Crippen molar-refractivity contribution in [3.8, 4) is 17.2 Å². The third kappa shape index (κ3) is 6.64. The molecule has 2 N–H and O–H groups in total. The Bertz CT molecular complexity index is 907. The Hall–Kier alpha value is -2.78. The maximum atomic E-state index is 12.2. The van der Waals surface area contributed by atoms with Crippen LogP contribution < -0.4 is 24.2 Å². The topological polar surface area (TPSA) is 103 Å². The van der Waals surface area contributed by atoms with Crippen molar-refractivity contribution in [3.05, 3.63) is 48.0 Å². The van der Waals surface area contributed by atoms with E-state index in [2.05, 4.69) is 10.0 Å². The number of rotatable bonds is 12. The summed E-state index contributed by atoms with van der Waals surface area (Å²) in [6.07, 6.45) is 1.68. The van der Waals surface area contributed by atoms with Gasteiger partial charge in [0.25, 0.3) is 5.91 Å². The van der Waals surface area contributed by atoms with Crippen molar-refractivity contribution < 1.29 is 27.4 Å². The molecule has 0 fully saturated rings. The molecule has 0 radical (unpaired) electrons. The standard InChI is InChI=1S/C21H28N2O6S/c1-4-5-13-23-30(25,26)17-11-9-16(10-12-17)29-15-21(24)22-14-18-19(27-2)7-6-8-20(18)28-3/h6-12,23H,4-5,13-15H2,1-3H3,(H,22,24). The van der Waals surface area contributed by atoms with Gasteiger partial charge in [-0.15, -0.1) is 0 Å². The molecule has 164 valence electrons. The van der Waals surface area contributed by atoms with E-state index in [1.54, 1.807) is 32.4 Å². The van der Waals surface area contributed by atoms with Gasteiger partial charge in [-0.1, -0.05) is 19.4 Å². The third-order valence-electron chi connectivity index (χ3n) is 4.32. The van der Waals surface area contributed by atoms with E-state index in [-0.39, 0.29) is 24.0 Å². The molecule has 2 aromatic carbocycles. The second-order valence-electron chi connectivity index (χ2n) is 6.43. The number of amides is 1. The normalized spacial score (nSPS) is 11.0. The van der Waals surface area contributed by atoms with Crippen molar-refractivity contribution in [2.75, 3.05) is 27.4 Å². The van der Waals surface area contributed by atoms with E-state index in [4.69, 9.17) is 14.2 Å². The summed E-state index contributed by atoms with van der Waals surface area (Å²) in [5.74, 6) is 1.29. The van der Waals surface area contributed by atoms with Gasteiger partial charge in [0.15, 0.2) is 6.61 Å². The van der Waals surface area contributed by atoms with Gasteiger partial charge in [0, 0.05) is 6.54 Å². The van der Waals surface area contributed by atoms with E-state index in [0.29, 0.717) is 23.8 Å². The predicted molar refractivity (Wildman–Crippen MR) is 113 cm³/mol. The second kappa shape index (κ2) is 11.4. The van der Waals surface area contributed by atoms with Gasteiger partial charge in [0.1, 0.15) is 17.2 Å². The summed E-state index contributed by atoms with van der Waals surface area (Å²) in [7, 11) is -0.446. The van der Waals surface area contributed by atoms with Gasteiger partial charge in [-0.05, 0) is 42.8 Å². The fraction of sp³-hybridized carbons (Fsp3) is 0.381. The Morgan fingerprint density at radius 1 is 1.00 bits per heavy atom. The number of carbonyl (C=O) groups is 1. The molecule has 9 heteroatoms. The molecule has 1 amide bonds. The van der Waals surface area contributed by atoms with Crippen molar-refractivity contribution in [1.82, 2.24) is 10.0 Å². The number of hydrogen-bond acceptors (Lipinski definition) is 6. The first-order valence-electron chi connectivity index (χ1n) is 9.60. The molecule has 0 aromatic heterocycles. The lowest BCUT2D eigenvalue weighted by molar-refractivity contribution is -0.123. The van der Waals surface area contributed by atoms with E-state index in [0.717, 1.165) is 18.4 Å². The van der Waals surface area contributed by atoms with Crippen LogP contribution in [0.25, 0.3) is 0 Å². The first-order valence-corrected chi connectivity index (χ1v) is 11.1. The molecule has 30 heavy (non-hydrogen) atoms. The molecule has 0 saturated heterocycles. The predicted octanol–water partition coefficient (Wildman–Crippen LogP) is 2.48. The number of hydrogen-bond donors (Lipinski definition) is 2. The average Bonchev–Trinajstić information content (AvgIpc) is 2.76. The Labute approximate surface area is 177 Å². The Morgan fingerprint density at radius 2 is 1.63 bits per heavy atom. The molecule has 0 unspecified atom stereocenters. The number of carbonyl (C=O) groups excluding carboxylic acids is 1. The van der Waals surface area contributed by atoms with Gasteiger partial charge in [-0.2, -0.15) is 0 Å². The zero-order valence-corrected chi connectivity index (χ0v) is 18.3. The first kappa shape index (κ1) is 23.5. The summed E-state index contributed by atoms with van der Waals surface area (Å²) in [5, 5.41) is 2.75. The summed E-state index contributed by atoms with van der Waals surface area (Å²) in [6, 6.07) is 11.3. The number of unbranched alkanes of at least 4 members (excludes halogenated alkanes) is 1. The number of benzene rings is 2. The lowest BCUT2D eigenvalue weighted by Crippen LogP contribution is -2.28. The van der Waals surface area contributed by atoms with Crippen LogP contribution in [0.1, 0.15) is 25.3 Å². The van der Waals surface area contributed by atoms with E-state index in [1.807, 2.05) is 6.92 Å².